The first kappa shape index (κ1) is 17.4. The lowest BCUT2D eigenvalue weighted by atomic mass is 10.1. The third-order valence-corrected chi connectivity index (χ3v) is 3.26. The zero-order valence-electron chi connectivity index (χ0n) is 12.9. The molecule has 0 aliphatic heterocycles. The Hall–Kier alpha value is -2.96. The van der Waals surface area contributed by atoms with Crippen molar-refractivity contribution in [2.24, 2.45) is 0 Å². The van der Waals surface area contributed by atoms with Crippen LogP contribution >= 0.6 is 0 Å². The molecular formula is C17H16F2N2O3. The number of alkyl halides is 2. The zero-order valence-corrected chi connectivity index (χ0v) is 12.9. The van der Waals surface area contributed by atoms with Crippen molar-refractivity contribution in [1.29, 1.82) is 0 Å². The van der Waals surface area contributed by atoms with Crippen LogP contribution in [0.2, 0.25) is 0 Å². The van der Waals surface area contributed by atoms with Gasteiger partial charge in [0.05, 0.1) is 5.56 Å². The number of amides is 2. The van der Waals surface area contributed by atoms with Gasteiger partial charge >= 0.3 is 6.61 Å². The van der Waals surface area contributed by atoms with Gasteiger partial charge in [0, 0.05) is 5.56 Å². The fourth-order valence-corrected chi connectivity index (χ4v) is 2.00. The summed E-state index contributed by atoms with van der Waals surface area (Å²) >= 11 is 0. The van der Waals surface area contributed by atoms with E-state index in [4.69, 9.17) is 0 Å². The molecule has 0 heterocycles. The molecule has 0 unspecified atom stereocenters. The normalized spacial score (nSPS) is 10.3. The molecule has 0 saturated heterocycles. The maximum atomic E-state index is 12.3. The van der Waals surface area contributed by atoms with Gasteiger partial charge in [0.1, 0.15) is 5.75 Å². The van der Waals surface area contributed by atoms with Crippen molar-refractivity contribution in [1.82, 2.24) is 10.9 Å². The molecule has 0 bridgehead atoms. The van der Waals surface area contributed by atoms with Crippen molar-refractivity contribution in [2.75, 3.05) is 0 Å². The highest BCUT2D eigenvalue weighted by molar-refractivity contribution is 6.00. The van der Waals surface area contributed by atoms with Gasteiger partial charge in [-0.1, -0.05) is 31.2 Å². The van der Waals surface area contributed by atoms with Gasteiger partial charge in [0.15, 0.2) is 0 Å². The van der Waals surface area contributed by atoms with E-state index in [-0.39, 0.29) is 11.3 Å². The number of nitrogens with one attached hydrogen (secondary N) is 2. The number of para-hydroxylation sites is 1. The van der Waals surface area contributed by atoms with Crippen LogP contribution in [-0.2, 0) is 6.42 Å². The summed E-state index contributed by atoms with van der Waals surface area (Å²) in [5.41, 5.74) is 5.74. The summed E-state index contributed by atoms with van der Waals surface area (Å²) in [6.45, 7) is -1.06. The first-order valence-corrected chi connectivity index (χ1v) is 7.24. The SMILES string of the molecule is CCc1ccc(C(=O)NNC(=O)c2ccccc2OC(F)F)cc1. The quantitative estimate of drug-likeness (QED) is 0.826. The first-order chi connectivity index (χ1) is 11.5. The summed E-state index contributed by atoms with van der Waals surface area (Å²) < 4.78 is 29.0. The average Bonchev–Trinajstić information content (AvgIpc) is 2.59. The van der Waals surface area contributed by atoms with Gasteiger partial charge in [-0.15, -0.1) is 0 Å². The van der Waals surface area contributed by atoms with Crippen molar-refractivity contribution >= 4 is 11.8 Å². The minimum absolute atomic E-state index is 0.112. The average molecular weight is 334 g/mol. The van der Waals surface area contributed by atoms with E-state index in [9.17, 15) is 18.4 Å². The van der Waals surface area contributed by atoms with Crippen LogP contribution in [0.15, 0.2) is 48.5 Å². The molecule has 5 nitrogen and oxygen atoms in total. The van der Waals surface area contributed by atoms with E-state index in [1.807, 2.05) is 19.1 Å². The van der Waals surface area contributed by atoms with E-state index in [1.165, 1.54) is 24.3 Å². The standard InChI is InChI=1S/C17H16F2N2O3/c1-2-11-7-9-12(10-8-11)15(22)20-21-16(23)13-5-3-4-6-14(13)24-17(18)19/h3-10,17H,2H2,1H3,(H,20,22)(H,21,23). The molecule has 0 aromatic heterocycles. The van der Waals surface area contributed by atoms with Gasteiger partial charge in [-0.05, 0) is 36.2 Å². The Morgan fingerprint density at radius 3 is 2.25 bits per heavy atom. The number of halogens is 2. The van der Waals surface area contributed by atoms with Crippen LogP contribution in [0.4, 0.5) is 8.78 Å². The second kappa shape index (κ2) is 8.05. The minimum Gasteiger partial charge on any atom is -0.434 e. The van der Waals surface area contributed by atoms with Crippen molar-refractivity contribution in [3.8, 4) is 5.75 Å². The van der Waals surface area contributed by atoms with E-state index in [1.54, 1.807) is 12.1 Å². The number of carbonyl (C=O) groups excluding carboxylic acids is 2. The molecule has 0 aliphatic rings. The van der Waals surface area contributed by atoms with Crippen LogP contribution in [0.3, 0.4) is 0 Å². The van der Waals surface area contributed by atoms with Crippen LogP contribution < -0.4 is 15.6 Å². The van der Waals surface area contributed by atoms with Crippen LogP contribution in [0.5, 0.6) is 5.75 Å². The lowest BCUT2D eigenvalue weighted by Crippen LogP contribution is -2.41. The van der Waals surface area contributed by atoms with Crippen molar-refractivity contribution in [3.05, 3.63) is 65.2 Å². The topological polar surface area (TPSA) is 67.4 Å². The van der Waals surface area contributed by atoms with Gasteiger partial charge in [0.25, 0.3) is 11.8 Å². The number of hydrogen-bond acceptors (Lipinski definition) is 3. The number of rotatable bonds is 5. The highest BCUT2D eigenvalue weighted by Crippen LogP contribution is 2.19. The van der Waals surface area contributed by atoms with Crippen LogP contribution in [0, 0.1) is 0 Å². The predicted octanol–water partition coefficient (Wildman–Crippen LogP) is 2.93. The lowest BCUT2D eigenvalue weighted by Gasteiger charge is -2.11. The van der Waals surface area contributed by atoms with Crippen LogP contribution in [0.25, 0.3) is 0 Å². The monoisotopic (exact) mass is 334 g/mol. The second-order valence-electron chi connectivity index (χ2n) is 4.83. The molecule has 0 atom stereocenters. The van der Waals surface area contributed by atoms with Gasteiger partial charge in [-0.25, -0.2) is 0 Å². The molecule has 2 aromatic rings. The predicted molar refractivity (Wildman–Crippen MR) is 83.8 cm³/mol. The third kappa shape index (κ3) is 4.52. The molecule has 2 rings (SSSR count). The Balaban J connectivity index is 2.01. The molecular weight excluding hydrogens is 318 g/mol. The summed E-state index contributed by atoms with van der Waals surface area (Å²) in [5, 5.41) is 0. The molecule has 0 spiro atoms. The number of hydrogen-bond donors (Lipinski definition) is 2. The largest absolute Gasteiger partial charge is 0.434 e. The van der Waals surface area contributed by atoms with E-state index in [0.29, 0.717) is 5.56 Å². The second-order valence-corrected chi connectivity index (χ2v) is 4.83. The lowest BCUT2D eigenvalue weighted by molar-refractivity contribution is -0.0501. The molecule has 126 valence electrons. The number of hydrazine groups is 1. The van der Waals surface area contributed by atoms with E-state index < -0.39 is 18.4 Å². The Bertz CT molecular complexity index is 718. The maximum Gasteiger partial charge on any atom is 0.387 e. The van der Waals surface area contributed by atoms with Gasteiger partial charge < -0.3 is 4.74 Å². The van der Waals surface area contributed by atoms with Crippen molar-refractivity contribution < 1.29 is 23.1 Å². The molecule has 2 amide bonds. The van der Waals surface area contributed by atoms with E-state index in [2.05, 4.69) is 15.6 Å². The fourth-order valence-electron chi connectivity index (χ4n) is 2.00. The highest BCUT2D eigenvalue weighted by Gasteiger charge is 2.16. The number of carbonyl (C=O) groups is 2. The smallest absolute Gasteiger partial charge is 0.387 e. The van der Waals surface area contributed by atoms with Gasteiger partial charge in [-0.2, -0.15) is 8.78 Å². The van der Waals surface area contributed by atoms with Gasteiger partial charge in [0.2, 0.25) is 0 Å². The van der Waals surface area contributed by atoms with Crippen LogP contribution in [0.1, 0.15) is 33.2 Å². The maximum absolute atomic E-state index is 12.3. The molecule has 0 radical (unpaired) electrons. The van der Waals surface area contributed by atoms with Crippen LogP contribution in [-0.4, -0.2) is 18.4 Å². The Morgan fingerprint density at radius 1 is 1.00 bits per heavy atom. The Morgan fingerprint density at radius 2 is 1.62 bits per heavy atom. The molecule has 2 N–H and O–H groups in total. The Labute approximate surface area is 137 Å². The molecule has 0 saturated carbocycles. The van der Waals surface area contributed by atoms with Crippen molar-refractivity contribution in [3.63, 3.8) is 0 Å². The first-order valence-electron chi connectivity index (χ1n) is 7.24. The molecule has 0 fully saturated rings. The molecule has 0 aliphatic carbocycles. The summed E-state index contributed by atoms with van der Waals surface area (Å²) in [6, 6.07) is 12.4. The zero-order chi connectivity index (χ0) is 17.5. The van der Waals surface area contributed by atoms with Crippen molar-refractivity contribution in [2.45, 2.75) is 20.0 Å². The summed E-state index contributed by atoms with van der Waals surface area (Å²) in [7, 11) is 0. The number of aryl methyl sites for hydroxylation is 1. The number of ether oxygens (including phenoxy) is 1. The minimum atomic E-state index is -3.05. The van der Waals surface area contributed by atoms with E-state index in [0.717, 1.165) is 12.0 Å². The Kier molecular flexibility index (Phi) is 5.83. The third-order valence-electron chi connectivity index (χ3n) is 3.26. The molecule has 7 heteroatoms. The highest BCUT2D eigenvalue weighted by atomic mass is 19.3. The van der Waals surface area contributed by atoms with Gasteiger partial charge in [-0.3, -0.25) is 20.4 Å². The summed E-state index contributed by atoms with van der Waals surface area (Å²) in [4.78, 5) is 24.0. The molecule has 24 heavy (non-hydrogen) atoms. The molecule has 2 aromatic carbocycles. The summed E-state index contributed by atoms with van der Waals surface area (Å²) in [6.07, 6.45) is 0.847. The summed E-state index contributed by atoms with van der Waals surface area (Å²) in [5.74, 6) is -1.55. The van der Waals surface area contributed by atoms with E-state index >= 15 is 0 Å². The number of benzene rings is 2. The fraction of sp³-hybridized carbons (Fsp3) is 0.176.